The number of carbonyl (C=O) groups excluding carboxylic acids is 1. The largest absolute Gasteiger partial charge is 0.374 e. The van der Waals surface area contributed by atoms with Crippen LogP contribution in [0, 0.1) is 11.6 Å². The van der Waals surface area contributed by atoms with Gasteiger partial charge in [0.1, 0.15) is 11.6 Å². The molecular formula is C15H20F2N2O. The smallest absolute Gasteiger partial charge is 0.241 e. The maximum absolute atomic E-state index is 13.4. The molecule has 20 heavy (non-hydrogen) atoms. The average molecular weight is 282 g/mol. The third-order valence-corrected chi connectivity index (χ3v) is 3.57. The van der Waals surface area contributed by atoms with Crippen molar-refractivity contribution in [3.8, 4) is 0 Å². The van der Waals surface area contributed by atoms with Gasteiger partial charge in [0.05, 0.1) is 12.2 Å². The van der Waals surface area contributed by atoms with Gasteiger partial charge in [0, 0.05) is 13.1 Å². The van der Waals surface area contributed by atoms with Crippen molar-refractivity contribution >= 4 is 11.6 Å². The van der Waals surface area contributed by atoms with Crippen LogP contribution in [0.2, 0.25) is 0 Å². The van der Waals surface area contributed by atoms with Crippen LogP contribution < -0.4 is 5.32 Å². The first-order chi connectivity index (χ1) is 9.66. The highest BCUT2D eigenvalue weighted by Crippen LogP contribution is 2.15. The summed E-state index contributed by atoms with van der Waals surface area (Å²) in [7, 11) is 0. The average Bonchev–Trinajstić information content (AvgIpc) is 2.39. The molecule has 0 aromatic heterocycles. The fourth-order valence-electron chi connectivity index (χ4n) is 2.41. The number of hydrogen-bond acceptors (Lipinski definition) is 2. The number of rotatable bonds is 3. The summed E-state index contributed by atoms with van der Waals surface area (Å²) in [5.41, 5.74) is 0.0328. The summed E-state index contributed by atoms with van der Waals surface area (Å²) in [5.74, 6) is -1.13. The molecule has 1 fully saturated rings. The summed E-state index contributed by atoms with van der Waals surface area (Å²) in [6.45, 7) is 1.51. The van der Waals surface area contributed by atoms with E-state index >= 15 is 0 Å². The molecule has 5 heteroatoms. The summed E-state index contributed by atoms with van der Waals surface area (Å²) in [4.78, 5) is 13.9. The van der Waals surface area contributed by atoms with Gasteiger partial charge in [-0.2, -0.15) is 0 Å². The van der Waals surface area contributed by atoms with Gasteiger partial charge in [-0.3, -0.25) is 4.79 Å². The van der Waals surface area contributed by atoms with Crippen molar-refractivity contribution in [3.63, 3.8) is 0 Å². The van der Waals surface area contributed by atoms with Gasteiger partial charge in [0.25, 0.3) is 0 Å². The lowest BCUT2D eigenvalue weighted by Crippen LogP contribution is -2.37. The zero-order valence-corrected chi connectivity index (χ0v) is 11.5. The van der Waals surface area contributed by atoms with Crippen LogP contribution in [0.3, 0.4) is 0 Å². The number of amides is 1. The predicted octanol–water partition coefficient (Wildman–Crippen LogP) is 3.17. The van der Waals surface area contributed by atoms with Crippen molar-refractivity contribution in [1.29, 1.82) is 0 Å². The van der Waals surface area contributed by atoms with Gasteiger partial charge in [-0.15, -0.1) is 0 Å². The number of nitrogens with one attached hydrogen (secondary N) is 1. The molecule has 2 rings (SSSR count). The van der Waals surface area contributed by atoms with Crippen LogP contribution in [0.5, 0.6) is 0 Å². The van der Waals surface area contributed by atoms with Crippen LogP contribution in [-0.4, -0.2) is 30.4 Å². The van der Waals surface area contributed by atoms with Crippen molar-refractivity contribution in [2.45, 2.75) is 32.1 Å². The summed E-state index contributed by atoms with van der Waals surface area (Å²) < 4.78 is 26.4. The standard InChI is InChI=1S/C15H20F2N2O/c16-12-6-7-13(17)14(10-12)18-11-15(20)19-8-4-2-1-3-5-9-19/h6-7,10,18H,1-5,8-9,11H2. The molecule has 1 amide bonds. The Labute approximate surface area is 118 Å². The van der Waals surface area contributed by atoms with Crippen LogP contribution in [0.25, 0.3) is 0 Å². The number of anilines is 1. The third kappa shape index (κ3) is 4.18. The number of nitrogens with zero attached hydrogens (tertiary/aromatic N) is 1. The highest BCUT2D eigenvalue weighted by Gasteiger charge is 2.15. The van der Waals surface area contributed by atoms with Gasteiger partial charge in [0.2, 0.25) is 5.91 Å². The van der Waals surface area contributed by atoms with E-state index in [4.69, 9.17) is 0 Å². The Hall–Kier alpha value is -1.65. The zero-order valence-electron chi connectivity index (χ0n) is 11.5. The van der Waals surface area contributed by atoms with E-state index in [1.807, 2.05) is 4.90 Å². The lowest BCUT2D eigenvalue weighted by Gasteiger charge is -2.25. The number of hydrogen-bond donors (Lipinski definition) is 1. The van der Waals surface area contributed by atoms with Gasteiger partial charge in [-0.05, 0) is 31.0 Å². The van der Waals surface area contributed by atoms with E-state index in [-0.39, 0.29) is 18.1 Å². The molecule has 1 aromatic rings. The zero-order chi connectivity index (χ0) is 14.4. The molecule has 3 nitrogen and oxygen atoms in total. The minimum atomic E-state index is -0.549. The molecule has 0 aliphatic carbocycles. The fraction of sp³-hybridized carbons (Fsp3) is 0.533. The maximum Gasteiger partial charge on any atom is 0.241 e. The molecule has 1 aromatic carbocycles. The molecule has 0 atom stereocenters. The molecular weight excluding hydrogens is 262 g/mol. The Bertz CT molecular complexity index is 457. The van der Waals surface area contributed by atoms with Crippen molar-refractivity contribution in [2.24, 2.45) is 0 Å². The van der Waals surface area contributed by atoms with Gasteiger partial charge in [-0.1, -0.05) is 19.3 Å². The molecule has 1 saturated heterocycles. The molecule has 0 bridgehead atoms. The van der Waals surface area contributed by atoms with Crippen molar-refractivity contribution < 1.29 is 13.6 Å². The van der Waals surface area contributed by atoms with Crippen LogP contribution in [0.4, 0.5) is 14.5 Å². The minimum absolute atomic E-state index is 0.000370. The van der Waals surface area contributed by atoms with Gasteiger partial charge < -0.3 is 10.2 Å². The van der Waals surface area contributed by atoms with E-state index in [9.17, 15) is 13.6 Å². The van der Waals surface area contributed by atoms with Crippen LogP contribution >= 0.6 is 0 Å². The second-order valence-electron chi connectivity index (χ2n) is 5.13. The Kier molecular flexibility index (Phi) is 5.32. The first-order valence-corrected chi connectivity index (χ1v) is 7.13. The quantitative estimate of drug-likeness (QED) is 0.923. The van der Waals surface area contributed by atoms with Crippen LogP contribution in [-0.2, 0) is 4.79 Å². The van der Waals surface area contributed by atoms with E-state index in [2.05, 4.69) is 5.32 Å². The topological polar surface area (TPSA) is 32.3 Å². The fourth-order valence-corrected chi connectivity index (χ4v) is 2.41. The molecule has 0 radical (unpaired) electrons. The van der Waals surface area contributed by atoms with Crippen LogP contribution in [0.15, 0.2) is 18.2 Å². The van der Waals surface area contributed by atoms with Gasteiger partial charge in [0.15, 0.2) is 0 Å². The summed E-state index contributed by atoms with van der Waals surface area (Å²) in [5, 5.41) is 2.68. The first-order valence-electron chi connectivity index (χ1n) is 7.13. The summed E-state index contributed by atoms with van der Waals surface area (Å²) in [6, 6.07) is 3.18. The minimum Gasteiger partial charge on any atom is -0.374 e. The molecule has 0 unspecified atom stereocenters. The molecule has 1 heterocycles. The first kappa shape index (κ1) is 14.8. The number of benzene rings is 1. The van der Waals surface area contributed by atoms with E-state index in [0.29, 0.717) is 0 Å². The van der Waals surface area contributed by atoms with Crippen LogP contribution in [0.1, 0.15) is 32.1 Å². The number of likely N-dealkylation sites (tertiary alicyclic amines) is 1. The maximum atomic E-state index is 13.4. The van der Waals surface area contributed by atoms with E-state index in [1.54, 1.807) is 0 Å². The predicted molar refractivity (Wildman–Crippen MR) is 74.5 cm³/mol. The Morgan fingerprint density at radius 3 is 2.45 bits per heavy atom. The second kappa shape index (κ2) is 7.22. The summed E-state index contributed by atoms with van der Waals surface area (Å²) >= 11 is 0. The van der Waals surface area contributed by atoms with E-state index < -0.39 is 11.6 Å². The van der Waals surface area contributed by atoms with E-state index in [1.165, 1.54) is 6.42 Å². The number of halogens is 2. The lowest BCUT2D eigenvalue weighted by molar-refractivity contribution is -0.129. The Morgan fingerprint density at radius 2 is 1.75 bits per heavy atom. The molecule has 1 aliphatic heterocycles. The monoisotopic (exact) mass is 282 g/mol. The summed E-state index contributed by atoms with van der Waals surface area (Å²) in [6.07, 6.45) is 5.56. The van der Waals surface area contributed by atoms with Gasteiger partial charge >= 0.3 is 0 Å². The molecule has 1 aliphatic rings. The molecule has 0 spiro atoms. The Balaban J connectivity index is 1.88. The number of carbonyl (C=O) groups is 1. The van der Waals surface area contributed by atoms with Crippen molar-refractivity contribution in [1.82, 2.24) is 4.90 Å². The SMILES string of the molecule is O=C(CNc1cc(F)ccc1F)N1CCCCCCC1. The molecule has 0 saturated carbocycles. The Morgan fingerprint density at radius 1 is 1.10 bits per heavy atom. The normalized spacial score (nSPS) is 16.4. The highest BCUT2D eigenvalue weighted by molar-refractivity contribution is 5.80. The van der Waals surface area contributed by atoms with Crippen molar-refractivity contribution in [3.05, 3.63) is 29.8 Å². The third-order valence-electron chi connectivity index (χ3n) is 3.57. The van der Waals surface area contributed by atoms with Gasteiger partial charge in [-0.25, -0.2) is 8.78 Å². The van der Waals surface area contributed by atoms with Crippen molar-refractivity contribution in [2.75, 3.05) is 25.0 Å². The lowest BCUT2D eigenvalue weighted by atomic mass is 10.1. The highest BCUT2D eigenvalue weighted by atomic mass is 19.1. The second-order valence-corrected chi connectivity index (χ2v) is 5.13. The molecule has 1 N–H and O–H groups in total. The molecule has 110 valence electrons. The van der Waals surface area contributed by atoms with E-state index in [0.717, 1.165) is 57.0 Å².